The normalized spacial score (nSPS) is 22.7. The Morgan fingerprint density at radius 3 is 2.16 bits per heavy atom. The molecule has 1 aliphatic rings. The molecule has 2 nitrogen and oxygen atoms in total. The van der Waals surface area contributed by atoms with Crippen LogP contribution in [0.15, 0.2) is 54.8 Å². The first-order valence-corrected chi connectivity index (χ1v) is 8.94. The van der Waals surface area contributed by atoms with E-state index in [2.05, 4.69) is 58.5 Å². The third-order valence-electron chi connectivity index (χ3n) is 5.50. The molecule has 25 heavy (non-hydrogen) atoms. The van der Waals surface area contributed by atoms with E-state index >= 15 is 0 Å². The maximum atomic E-state index is 12.3. The van der Waals surface area contributed by atoms with Gasteiger partial charge < -0.3 is 4.74 Å². The minimum Gasteiger partial charge on any atom is -0.431 e. The van der Waals surface area contributed by atoms with Gasteiger partial charge in [0.1, 0.15) is 5.76 Å². The smallest absolute Gasteiger partial charge is 0.317 e. The summed E-state index contributed by atoms with van der Waals surface area (Å²) in [4.78, 5) is 12.3. The van der Waals surface area contributed by atoms with E-state index in [4.69, 9.17) is 4.74 Å². The van der Waals surface area contributed by atoms with Gasteiger partial charge in [-0.25, -0.2) is 0 Å². The Labute approximate surface area is 152 Å². The third kappa shape index (κ3) is 4.12. The quantitative estimate of drug-likeness (QED) is 0.347. The molecule has 0 spiro atoms. The monoisotopic (exact) mass is 338 g/mol. The zero-order valence-electron chi connectivity index (χ0n) is 16.3. The fraction of sp³-hybridized carbons (Fsp3) is 0.435. The second-order valence-electron chi connectivity index (χ2n) is 8.16. The Morgan fingerprint density at radius 1 is 1.16 bits per heavy atom. The first-order chi connectivity index (χ1) is 11.6. The minimum atomic E-state index is -0.361. The lowest BCUT2D eigenvalue weighted by Crippen LogP contribution is -2.20. The van der Waals surface area contributed by atoms with Crippen molar-refractivity contribution in [3.8, 4) is 0 Å². The summed E-state index contributed by atoms with van der Waals surface area (Å²) in [5.74, 6) is 0.980. The molecule has 1 aromatic carbocycles. The van der Waals surface area contributed by atoms with Gasteiger partial charge in [-0.1, -0.05) is 70.7 Å². The van der Waals surface area contributed by atoms with Crippen molar-refractivity contribution in [2.45, 2.75) is 53.9 Å². The van der Waals surface area contributed by atoms with Crippen LogP contribution in [-0.2, 0) is 9.53 Å². The highest BCUT2D eigenvalue weighted by Gasteiger charge is 2.63. The standard InChI is InChI=1S/C23H30O2/c1-8-18(20-13-11-19(12-14-20)16(2)3)10-9-17(4)25-21(24)23(7)15-22(23,5)6/h8-14,16H,1,15H2,2-7H3/b17-9+,18-10+. The molecule has 0 saturated heterocycles. The molecule has 1 saturated carbocycles. The van der Waals surface area contributed by atoms with Gasteiger partial charge in [-0.15, -0.1) is 0 Å². The van der Waals surface area contributed by atoms with Crippen LogP contribution in [0.25, 0.3) is 5.57 Å². The van der Waals surface area contributed by atoms with Gasteiger partial charge in [0.05, 0.1) is 5.41 Å². The van der Waals surface area contributed by atoms with E-state index in [-0.39, 0.29) is 16.8 Å². The average Bonchev–Trinajstić information content (AvgIpc) is 3.08. The first-order valence-electron chi connectivity index (χ1n) is 8.94. The molecule has 1 aromatic rings. The van der Waals surface area contributed by atoms with Crippen LogP contribution in [0.1, 0.15) is 65.0 Å². The lowest BCUT2D eigenvalue weighted by atomic mass is 9.98. The molecule has 0 radical (unpaired) electrons. The SMILES string of the molecule is C=C/C(=C\C=C(/C)OC(=O)C1(C)CC1(C)C)c1ccc(C(C)C)cc1. The van der Waals surface area contributed by atoms with Crippen molar-refractivity contribution >= 4 is 11.5 Å². The van der Waals surface area contributed by atoms with Gasteiger partial charge >= 0.3 is 5.97 Å². The number of hydrogen-bond donors (Lipinski definition) is 0. The molecule has 0 amide bonds. The summed E-state index contributed by atoms with van der Waals surface area (Å²) in [6, 6.07) is 8.49. The van der Waals surface area contributed by atoms with Crippen molar-refractivity contribution < 1.29 is 9.53 Å². The van der Waals surface area contributed by atoms with E-state index in [9.17, 15) is 4.79 Å². The number of rotatable bonds is 6. The van der Waals surface area contributed by atoms with Crippen molar-refractivity contribution in [1.82, 2.24) is 0 Å². The molecule has 0 N–H and O–H groups in total. The summed E-state index contributed by atoms with van der Waals surface area (Å²) in [6.45, 7) is 16.3. The Bertz CT molecular complexity index is 717. The van der Waals surface area contributed by atoms with Gasteiger partial charge in [-0.3, -0.25) is 4.79 Å². The Hall–Kier alpha value is -2.09. The maximum Gasteiger partial charge on any atom is 0.317 e. The summed E-state index contributed by atoms with van der Waals surface area (Å²) in [6.07, 6.45) is 6.48. The lowest BCUT2D eigenvalue weighted by molar-refractivity contribution is -0.146. The van der Waals surface area contributed by atoms with Crippen LogP contribution in [-0.4, -0.2) is 5.97 Å². The highest BCUT2D eigenvalue weighted by atomic mass is 16.5. The molecule has 0 bridgehead atoms. The zero-order chi connectivity index (χ0) is 18.8. The molecule has 1 atom stereocenters. The fourth-order valence-electron chi connectivity index (χ4n) is 3.03. The lowest BCUT2D eigenvalue weighted by Gasteiger charge is -2.13. The predicted octanol–water partition coefficient (Wildman–Crippen LogP) is 6.26. The largest absolute Gasteiger partial charge is 0.431 e. The van der Waals surface area contributed by atoms with Gasteiger partial charge in [0.2, 0.25) is 0 Å². The minimum absolute atomic E-state index is 0.0324. The predicted molar refractivity (Wildman–Crippen MR) is 105 cm³/mol. The van der Waals surface area contributed by atoms with Gasteiger partial charge in [0.25, 0.3) is 0 Å². The maximum absolute atomic E-state index is 12.3. The van der Waals surface area contributed by atoms with Crippen molar-refractivity contribution in [3.63, 3.8) is 0 Å². The van der Waals surface area contributed by atoms with E-state index < -0.39 is 0 Å². The summed E-state index contributed by atoms with van der Waals surface area (Å²) in [5.41, 5.74) is 3.09. The molecule has 134 valence electrons. The zero-order valence-corrected chi connectivity index (χ0v) is 16.3. The highest BCUT2D eigenvalue weighted by Crippen LogP contribution is 2.63. The Kier molecular flexibility index (Phi) is 5.41. The van der Waals surface area contributed by atoms with Crippen LogP contribution < -0.4 is 0 Å². The molecular weight excluding hydrogens is 308 g/mol. The number of ether oxygens (including phenoxy) is 1. The second-order valence-corrected chi connectivity index (χ2v) is 8.16. The molecule has 1 aliphatic carbocycles. The van der Waals surface area contributed by atoms with Crippen molar-refractivity contribution in [2.24, 2.45) is 10.8 Å². The van der Waals surface area contributed by atoms with Gasteiger partial charge in [0.15, 0.2) is 0 Å². The first kappa shape index (κ1) is 19.2. The summed E-state index contributed by atoms with van der Waals surface area (Å²) < 4.78 is 5.54. The van der Waals surface area contributed by atoms with Gasteiger partial charge in [-0.05, 0) is 54.4 Å². The molecule has 1 unspecified atom stereocenters. The van der Waals surface area contributed by atoms with E-state index in [1.54, 1.807) is 0 Å². The number of carbonyl (C=O) groups is 1. The molecule has 0 aromatic heterocycles. The van der Waals surface area contributed by atoms with Crippen LogP contribution in [0.2, 0.25) is 0 Å². The summed E-state index contributed by atoms with van der Waals surface area (Å²) in [5, 5.41) is 0. The van der Waals surface area contributed by atoms with Crippen molar-refractivity contribution in [3.05, 3.63) is 66.0 Å². The van der Waals surface area contributed by atoms with Crippen molar-refractivity contribution in [1.29, 1.82) is 0 Å². The van der Waals surface area contributed by atoms with Crippen LogP contribution in [0.5, 0.6) is 0 Å². The Morgan fingerprint density at radius 2 is 1.72 bits per heavy atom. The highest BCUT2D eigenvalue weighted by molar-refractivity contribution is 5.82. The number of hydrogen-bond acceptors (Lipinski definition) is 2. The average molecular weight is 338 g/mol. The third-order valence-corrected chi connectivity index (χ3v) is 5.50. The van der Waals surface area contributed by atoms with Gasteiger partial charge in [0, 0.05) is 0 Å². The molecule has 1 fully saturated rings. The van der Waals surface area contributed by atoms with Crippen LogP contribution >= 0.6 is 0 Å². The number of allylic oxidation sites excluding steroid dienone is 5. The second kappa shape index (κ2) is 7.03. The van der Waals surface area contributed by atoms with Crippen LogP contribution in [0, 0.1) is 10.8 Å². The number of esters is 1. The van der Waals surface area contributed by atoms with Gasteiger partial charge in [-0.2, -0.15) is 0 Å². The van der Waals surface area contributed by atoms with E-state index in [1.807, 2.05) is 32.1 Å². The van der Waals surface area contributed by atoms with Crippen molar-refractivity contribution in [2.75, 3.05) is 0 Å². The van der Waals surface area contributed by atoms with E-state index in [0.29, 0.717) is 11.7 Å². The summed E-state index contributed by atoms with van der Waals surface area (Å²) in [7, 11) is 0. The molecule has 2 heteroatoms. The number of benzene rings is 1. The Balaban J connectivity index is 2.10. The number of carbonyl (C=O) groups excluding carboxylic acids is 1. The van der Waals surface area contributed by atoms with Crippen LogP contribution in [0.3, 0.4) is 0 Å². The van der Waals surface area contributed by atoms with Crippen LogP contribution in [0.4, 0.5) is 0 Å². The topological polar surface area (TPSA) is 26.3 Å². The molecule has 2 rings (SSSR count). The summed E-state index contributed by atoms with van der Waals surface area (Å²) >= 11 is 0. The fourth-order valence-corrected chi connectivity index (χ4v) is 3.03. The van der Waals surface area contributed by atoms with E-state index in [1.165, 1.54) is 5.56 Å². The van der Waals surface area contributed by atoms with E-state index in [0.717, 1.165) is 17.6 Å². The molecular formula is C23H30O2. The molecule has 0 heterocycles. The molecule has 0 aliphatic heterocycles.